The van der Waals surface area contributed by atoms with Gasteiger partial charge < -0.3 is 5.11 Å². The van der Waals surface area contributed by atoms with Crippen LogP contribution in [0.2, 0.25) is 0 Å². The Kier molecular flexibility index (Phi) is 3.51. The highest BCUT2D eigenvalue weighted by atomic mass is 32.2. The van der Waals surface area contributed by atoms with Gasteiger partial charge in [-0.25, -0.2) is 8.42 Å². The van der Waals surface area contributed by atoms with Crippen molar-refractivity contribution in [2.75, 3.05) is 20.2 Å². The van der Waals surface area contributed by atoms with Crippen LogP contribution in [0.25, 0.3) is 0 Å². The Labute approximate surface area is 102 Å². The summed E-state index contributed by atoms with van der Waals surface area (Å²) in [7, 11) is -1.96. The second-order valence-corrected chi connectivity index (χ2v) is 6.38. The van der Waals surface area contributed by atoms with Crippen molar-refractivity contribution in [2.24, 2.45) is 0 Å². The van der Waals surface area contributed by atoms with Gasteiger partial charge in [0.2, 0.25) is 10.0 Å². The highest BCUT2D eigenvalue weighted by Crippen LogP contribution is 2.25. The summed E-state index contributed by atoms with van der Waals surface area (Å²) >= 11 is 0. The fourth-order valence-corrected chi connectivity index (χ4v) is 3.36. The maximum absolute atomic E-state index is 12.1. The molecule has 0 heterocycles. The largest absolute Gasteiger partial charge is 0.395 e. The monoisotopic (exact) mass is 255 g/mol. The van der Waals surface area contributed by atoms with Gasteiger partial charge in [-0.3, -0.25) is 0 Å². The molecule has 1 aliphatic carbocycles. The number of fused-ring (bicyclic) bond motifs is 1. The normalized spacial score (nSPS) is 15.2. The average molecular weight is 255 g/mol. The molecule has 0 spiro atoms. The fraction of sp³-hybridized carbons (Fsp3) is 0.500. The molecule has 0 saturated heterocycles. The summed E-state index contributed by atoms with van der Waals surface area (Å²) in [6.45, 7) is -0.0416. The Morgan fingerprint density at radius 3 is 2.71 bits per heavy atom. The standard InChI is InChI=1S/C12H17NO3S/c1-13(7-8-14)17(15,16)12-6-5-10-3-2-4-11(10)9-12/h5-6,9,14H,2-4,7-8H2,1H3. The van der Waals surface area contributed by atoms with Gasteiger partial charge >= 0.3 is 0 Å². The van der Waals surface area contributed by atoms with Crippen LogP contribution in [0.4, 0.5) is 0 Å². The van der Waals surface area contributed by atoms with E-state index in [9.17, 15) is 8.42 Å². The second kappa shape index (κ2) is 4.76. The van der Waals surface area contributed by atoms with Crippen molar-refractivity contribution in [3.05, 3.63) is 29.3 Å². The van der Waals surface area contributed by atoms with Crippen LogP contribution in [0.15, 0.2) is 23.1 Å². The van der Waals surface area contributed by atoms with Crippen molar-refractivity contribution in [3.8, 4) is 0 Å². The van der Waals surface area contributed by atoms with Crippen LogP contribution in [-0.4, -0.2) is 38.0 Å². The zero-order valence-corrected chi connectivity index (χ0v) is 10.7. The molecule has 1 aromatic rings. The van der Waals surface area contributed by atoms with Gasteiger partial charge in [0.15, 0.2) is 0 Å². The number of hydrogen-bond acceptors (Lipinski definition) is 3. The number of nitrogens with zero attached hydrogens (tertiary/aromatic N) is 1. The lowest BCUT2D eigenvalue weighted by Gasteiger charge is -2.16. The van der Waals surface area contributed by atoms with Crippen LogP contribution >= 0.6 is 0 Å². The van der Waals surface area contributed by atoms with E-state index in [0.717, 1.165) is 24.8 Å². The Hall–Kier alpha value is -0.910. The van der Waals surface area contributed by atoms with Gasteiger partial charge in [-0.15, -0.1) is 0 Å². The van der Waals surface area contributed by atoms with E-state index >= 15 is 0 Å². The van der Waals surface area contributed by atoms with Gasteiger partial charge in [0.25, 0.3) is 0 Å². The predicted octanol–water partition coefficient (Wildman–Crippen LogP) is 0.788. The van der Waals surface area contributed by atoms with E-state index in [1.807, 2.05) is 6.07 Å². The van der Waals surface area contributed by atoms with Crippen LogP contribution in [0, 0.1) is 0 Å². The second-order valence-electron chi connectivity index (χ2n) is 4.33. The van der Waals surface area contributed by atoms with Gasteiger partial charge in [0.05, 0.1) is 11.5 Å². The molecule has 0 bridgehead atoms. The summed E-state index contributed by atoms with van der Waals surface area (Å²) in [6.07, 6.45) is 3.11. The number of benzene rings is 1. The van der Waals surface area contributed by atoms with Crippen molar-refractivity contribution in [3.63, 3.8) is 0 Å². The van der Waals surface area contributed by atoms with E-state index in [1.165, 1.54) is 16.9 Å². The number of sulfonamides is 1. The Morgan fingerprint density at radius 1 is 1.29 bits per heavy atom. The molecule has 0 atom stereocenters. The lowest BCUT2D eigenvalue weighted by Crippen LogP contribution is -2.29. The van der Waals surface area contributed by atoms with Gasteiger partial charge in [0, 0.05) is 13.6 Å². The van der Waals surface area contributed by atoms with Crippen molar-refractivity contribution >= 4 is 10.0 Å². The molecule has 0 unspecified atom stereocenters. The van der Waals surface area contributed by atoms with Crippen molar-refractivity contribution in [1.29, 1.82) is 0 Å². The minimum atomic E-state index is -3.45. The van der Waals surface area contributed by atoms with Gasteiger partial charge in [-0.2, -0.15) is 4.31 Å². The third-order valence-corrected chi connectivity index (χ3v) is 5.05. The number of aryl methyl sites for hydroxylation is 2. The van der Waals surface area contributed by atoms with E-state index in [2.05, 4.69) is 0 Å². The highest BCUT2D eigenvalue weighted by Gasteiger charge is 2.22. The molecular weight excluding hydrogens is 238 g/mol. The number of aliphatic hydroxyl groups excluding tert-OH is 1. The summed E-state index contributed by atoms with van der Waals surface area (Å²) in [4.78, 5) is 0.328. The molecule has 94 valence electrons. The number of hydrogen-bond donors (Lipinski definition) is 1. The smallest absolute Gasteiger partial charge is 0.242 e. The molecule has 17 heavy (non-hydrogen) atoms. The maximum Gasteiger partial charge on any atom is 0.242 e. The van der Waals surface area contributed by atoms with Crippen LogP contribution in [0.5, 0.6) is 0 Å². The lowest BCUT2D eigenvalue weighted by atomic mass is 10.1. The van der Waals surface area contributed by atoms with E-state index in [4.69, 9.17) is 5.11 Å². The average Bonchev–Trinajstić information content (AvgIpc) is 2.76. The molecule has 0 amide bonds. The molecule has 4 nitrogen and oxygen atoms in total. The molecule has 1 aliphatic rings. The number of rotatable bonds is 4. The molecular formula is C12H17NO3S. The van der Waals surface area contributed by atoms with Crippen molar-refractivity contribution in [2.45, 2.75) is 24.2 Å². The lowest BCUT2D eigenvalue weighted by molar-refractivity contribution is 0.266. The Morgan fingerprint density at radius 2 is 2.00 bits per heavy atom. The molecule has 0 aromatic heterocycles. The maximum atomic E-state index is 12.1. The van der Waals surface area contributed by atoms with Gasteiger partial charge in [-0.05, 0) is 42.5 Å². The predicted molar refractivity (Wildman–Crippen MR) is 65.4 cm³/mol. The van der Waals surface area contributed by atoms with Gasteiger partial charge in [0.1, 0.15) is 0 Å². The van der Waals surface area contributed by atoms with Crippen LogP contribution < -0.4 is 0 Å². The first-order valence-electron chi connectivity index (χ1n) is 5.74. The Balaban J connectivity index is 2.34. The molecule has 5 heteroatoms. The summed E-state index contributed by atoms with van der Waals surface area (Å²) in [5.74, 6) is 0. The third kappa shape index (κ3) is 2.36. The summed E-state index contributed by atoms with van der Waals surface area (Å²) in [6, 6.07) is 5.33. The van der Waals surface area contributed by atoms with Crippen molar-refractivity contribution < 1.29 is 13.5 Å². The zero-order valence-electron chi connectivity index (χ0n) is 9.89. The molecule has 0 aliphatic heterocycles. The fourth-order valence-electron chi connectivity index (χ4n) is 2.15. The summed E-state index contributed by atoms with van der Waals surface area (Å²) in [5, 5.41) is 8.80. The molecule has 1 aromatic carbocycles. The highest BCUT2D eigenvalue weighted by molar-refractivity contribution is 7.89. The quantitative estimate of drug-likeness (QED) is 0.865. The van der Waals surface area contributed by atoms with E-state index in [-0.39, 0.29) is 13.2 Å². The van der Waals surface area contributed by atoms with E-state index in [0.29, 0.717) is 4.90 Å². The topological polar surface area (TPSA) is 57.6 Å². The first-order chi connectivity index (χ1) is 8.05. The SMILES string of the molecule is CN(CCO)S(=O)(=O)c1ccc2c(c1)CCC2. The first-order valence-corrected chi connectivity index (χ1v) is 7.18. The number of likely N-dealkylation sites (N-methyl/N-ethyl adjacent to an activating group) is 1. The van der Waals surface area contributed by atoms with E-state index in [1.54, 1.807) is 12.1 Å². The minimum Gasteiger partial charge on any atom is -0.395 e. The van der Waals surface area contributed by atoms with Crippen molar-refractivity contribution in [1.82, 2.24) is 4.31 Å². The molecule has 0 radical (unpaired) electrons. The Bertz CT molecular complexity index is 510. The number of aliphatic hydroxyl groups is 1. The molecule has 0 saturated carbocycles. The van der Waals surface area contributed by atoms with Crippen LogP contribution in [0.3, 0.4) is 0 Å². The van der Waals surface area contributed by atoms with Crippen LogP contribution in [-0.2, 0) is 22.9 Å². The first kappa shape index (κ1) is 12.5. The zero-order chi connectivity index (χ0) is 12.5. The molecule has 2 rings (SSSR count). The van der Waals surface area contributed by atoms with E-state index < -0.39 is 10.0 Å². The summed E-state index contributed by atoms with van der Waals surface area (Å²) in [5.41, 5.74) is 2.40. The molecule has 0 fully saturated rings. The minimum absolute atomic E-state index is 0.124. The molecule has 1 N–H and O–H groups in total. The summed E-state index contributed by atoms with van der Waals surface area (Å²) < 4.78 is 25.5. The van der Waals surface area contributed by atoms with Gasteiger partial charge in [-0.1, -0.05) is 6.07 Å². The van der Waals surface area contributed by atoms with Crippen LogP contribution in [0.1, 0.15) is 17.5 Å². The third-order valence-electron chi connectivity index (χ3n) is 3.19.